The molecule has 2 aromatic carbocycles. The van der Waals surface area contributed by atoms with Crippen molar-refractivity contribution in [2.45, 2.75) is 6.54 Å². The molecule has 3 aromatic rings. The average molecular weight is 270 g/mol. The molecule has 20 heavy (non-hydrogen) atoms. The van der Waals surface area contributed by atoms with Crippen molar-refractivity contribution in [2.75, 3.05) is 12.8 Å². The van der Waals surface area contributed by atoms with E-state index in [1.54, 1.807) is 25.3 Å². The number of benzene rings is 2. The Hall–Kier alpha value is -2.49. The fourth-order valence-corrected chi connectivity index (χ4v) is 2.42. The van der Waals surface area contributed by atoms with Gasteiger partial charge in [-0.15, -0.1) is 0 Å². The van der Waals surface area contributed by atoms with Crippen LogP contribution in [0.25, 0.3) is 10.9 Å². The third-order valence-electron chi connectivity index (χ3n) is 3.44. The molecule has 0 spiro atoms. The van der Waals surface area contributed by atoms with Gasteiger partial charge in [-0.2, -0.15) is 0 Å². The molecule has 0 aliphatic heterocycles. The lowest BCUT2D eigenvalue weighted by Gasteiger charge is -2.09. The summed E-state index contributed by atoms with van der Waals surface area (Å²) < 4.78 is 21.3. The Kier molecular flexibility index (Phi) is 3.06. The van der Waals surface area contributed by atoms with Gasteiger partial charge >= 0.3 is 0 Å². The van der Waals surface area contributed by atoms with Crippen LogP contribution in [0.3, 0.4) is 0 Å². The molecule has 0 aliphatic carbocycles. The van der Waals surface area contributed by atoms with E-state index in [1.165, 1.54) is 0 Å². The van der Waals surface area contributed by atoms with Crippen molar-refractivity contribution in [3.63, 3.8) is 0 Å². The van der Waals surface area contributed by atoms with Gasteiger partial charge in [-0.3, -0.25) is 0 Å². The summed E-state index contributed by atoms with van der Waals surface area (Å²) >= 11 is 0. The molecule has 0 saturated heterocycles. The SMILES string of the molecule is COc1cccc2c1ccn2Cc1cccc(N)c1F. The lowest BCUT2D eigenvalue weighted by atomic mass is 10.2. The van der Waals surface area contributed by atoms with Gasteiger partial charge in [0.15, 0.2) is 5.82 Å². The molecule has 0 amide bonds. The molecular formula is C16H15FN2O. The Morgan fingerprint density at radius 3 is 2.75 bits per heavy atom. The molecule has 0 aliphatic rings. The Morgan fingerprint density at radius 2 is 1.95 bits per heavy atom. The van der Waals surface area contributed by atoms with Crippen molar-refractivity contribution < 1.29 is 9.13 Å². The number of fused-ring (bicyclic) bond motifs is 1. The average Bonchev–Trinajstić information content (AvgIpc) is 2.87. The normalized spacial score (nSPS) is 10.9. The van der Waals surface area contributed by atoms with Crippen molar-refractivity contribution in [2.24, 2.45) is 0 Å². The summed E-state index contributed by atoms with van der Waals surface area (Å²) in [6.07, 6.45) is 1.93. The summed E-state index contributed by atoms with van der Waals surface area (Å²) in [5, 5.41) is 1.01. The van der Waals surface area contributed by atoms with Gasteiger partial charge < -0.3 is 15.0 Å². The highest BCUT2D eigenvalue weighted by Crippen LogP contribution is 2.27. The molecule has 0 unspecified atom stereocenters. The molecule has 0 radical (unpaired) electrons. The molecule has 0 atom stereocenters. The molecule has 4 heteroatoms. The van der Waals surface area contributed by atoms with Crippen molar-refractivity contribution >= 4 is 16.6 Å². The number of rotatable bonds is 3. The van der Waals surface area contributed by atoms with Crippen LogP contribution in [0.15, 0.2) is 48.7 Å². The topological polar surface area (TPSA) is 40.2 Å². The number of aromatic nitrogens is 1. The van der Waals surface area contributed by atoms with Crippen LogP contribution < -0.4 is 10.5 Å². The van der Waals surface area contributed by atoms with Crippen molar-refractivity contribution in [3.8, 4) is 5.75 Å². The summed E-state index contributed by atoms with van der Waals surface area (Å²) in [5.41, 5.74) is 7.36. The lowest BCUT2D eigenvalue weighted by molar-refractivity contribution is 0.420. The van der Waals surface area contributed by atoms with Crippen LogP contribution in [0.4, 0.5) is 10.1 Å². The highest BCUT2D eigenvalue weighted by atomic mass is 19.1. The van der Waals surface area contributed by atoms with E-state index >= 15 is 0 Å². The maximum atomic E-state index is 14.0. The van der Waals surface area contributed by atoms with Gasteiger partial charge in [0.05, 0.1) is 24.9 Å². The van der Waals surface area contributed by atoms with E-state index in [9.17, 15) is 4.39 Å². The summed E-state index contributed by atoms with van der Waals surface area (Å²) in [7, 11) is 1.64. The van der Waals surface area contributed by atoms with Crippen LogP contribution in [0.1, 0.15) is 5.56 Å². The van der Waals surface area contributed by atoms with Crippen molar-refractivity contribution in [1.82, 2.24) is 4.57 Å². The quantitative estimate of drug-likeness (QED) is 0.741. The van der Waals surface area contributed by atoms with Crippen LogP contribution >= 0.6 is 0 Å². The predicted molar refractivity (Wildman–Crippen MR) is 78.4 cm³/mol. The monoisotopic (exact) mass is 270 g/mol. The smallest absolute Gasteiger partial charge is 0.151 e. The van der Waals surface area contributed by atoms with Crippen molar-refractivity contribution in [1.29, 1.82) is 0 Å². The minimum atomic E-state index is -0.350. The highest BCUT2D eigenvalue weighted by Gasteiger charge is 2.09. The van der Waals surface area contributed by atoms with Gasteiger partial charge in [-0.1, -0.05) is 18.2 Å². The molecule has 0 fully saturated rings. The van der Waals surface area contributed by atoms with Gasteiger partial charge in [0.2, 0.25) is 0 Å². The summed E-state index contributed by atoms with van der Waals surface area (Å²) in [5.74, 6) is 0.464. The fraction of sp³-hybridized carbons (Fsp3) is 0.125. The Morgan fingerprint density at radius 1 is 1.15 bits per heavy atom. The Labute approximate surface area is 116 Å². The van der Waals surface area contributed by atoms with Crippen LogP contribution in [0, 0.1) is 5.82 Å². The first-order chi connectivity index (χ1) is 9.70. The van der Waals surface area contributed by atoms with Gasteiger partial charge in [-0.25, -0.2) is 4.39 Å². The third kappa shape index (κ3) is 1.99. The van der Waals surface area contributed by atoms with Gasteiger partial charge in [0, 0.05) is 17.1 Å². The minimum Gasteiger partial charge on any atom is -0.496 e. The number of nitrogen functional groups attached to an aromatic ring is 1. The maximum absolute atomic E-state index is 14.0. The van der Waals surface area contributed by atoms with E-state index in [0.717, 1.165) is 16.7 Å². The molecule has 1 aromatic heterocycles. The van der Waals surface area contributed by atoms with Crippen LogP contribution in [0.5, 0.6) is 5.75 Å². The van der Waals surface area contributed by atoms with Crippen LogP contribution in [-0.2, 0) is 6.54 Å². The number of hydrogen-bond donors (Lipinski definition) is 1. The number of hydrogen-bond acceptors (Lipinski definition) is 2. The first-order valence-corrected chi connectivity index (χ1v) is 6.35. The van der Waals surface area contributed by atoms with E-state index in [4.69, 9.17) is 10.5 Å². The molecule has 0 saturated carbocycles. The first-order valence-electron chi connectivity index (χ1n) is 6.35. The molecule has 0 bridgehead atoms. The molecule has 1 heterocycles. The molecule has 3 rings (SSSR count). The number of nitrogens with two attached hydrogens (primary N) is 1. The second-order valence-electron chi connectivity index (χ2n) is 4.66. The summed E-state index contributed by atoms with van der Waals surface area (Å²) in [6.45, 7) is 0.438. The zero-order valence-electron chi connectivity index (χ0n) is 11.1. The van der Waals surface area contributed by atoms with E-state index in [-0.39, 0.29) is 11.5 Å². The Balaban J connectivity index is 2.05. The minimum absolute atomic E-state index is 0.177. The number of ether oxygens (including phenoxy) is 1. The first kappa shape index (κ1) is 12.5. The number of anilines is 1. The molecule has 2 N–H and O–H groups in total. The second kappa shape index (κ2) is 4.89. The van der Waals surface area contributed by atoms with E-state index < -0.39 is 0 Å². The number of methoxy groups -OCH3 is 1. The standard InChI is InChI=1S/C16H15FN2O/c1-20-15-7-3-6-14-12(15)8-9-19(14)10-11-4-2-5-13(18)16(11)17/h2-9H,10,18H2,1H3. The fourth-order valence-electron chi connectivity index (χ4n) is 2.42. The summed E-state index contributed by atoms with van der Waals surface area (Å²) in [6, 6.07) is 12.9. The highest BCUT2D eigenvalue weighted by molar-refractivity contribution is 5.86. The third-order valence-corrected chi connectivity index (χ3v) is 3.44. The van der Waals surface area contributed by atoms with E-state index in [1.807, 2.05) is 35.0 Å². The van der Waals surface area contributed by atoms with Gasteiger partial charge in [-0.05, 0) is 24.3 Å². The van der Waals surface area contributed by atoms with E-state index in [2.05, 4.69) is 0 Å². The largest absolute Gasteiger partial charge is 0.496 e. The number of halogens is 1. The molecular weight excluding hydrogens is 255 g/mol. The van der Waals surface area contributed by atoms with Crippen LogP contribution in [-0.4, -0.2) is 11.7 Å². The summed E-state index contributed by atoms with van der Waals surface area (Å²) in [4.78, 5) is 0. The second-order valence-corrected chi connectivity index (χ2v) is 4.66. The van der Waals surface area contributed by atoms with Gasteiger partial charge in [0.1, 0.15) is 5.75 Å². The molecule has 102 valence electrons. The van der Waals surface area contributed by atoms with Gasteiger partial charge in [0.25, 0.3) is 0 Å². The maximum Gasteiger partial charge on any atom is 0.151 e. The number of nitrogens with zero attached hydrogens (tertiary/aromatic N) is 1. The lowest BCUT2D eigenvalue weighted by Crippen LogP contribution is -2.02. The Bertz CT molecular complexity index is 764. The van der Waals surface area contributed by atoms with Crippen molar-refractivity contribution in [3.05, 3.63) is 60.0 Å². The predicted octanol–water partition coefficient (Wildman–Crippen LogP) is 3.42. The zero-order valence-corrected chi connectivity index (χ0v) is 11.1. The van der Waals surface area contributed by atoms with E-state index in [0.29, 0.717) is 12.1 Å². The molecule has 3 nitrogen and oxygen atoms in total. The van der Waals surface area contributed by atoms with Crippen LogP contribution in [0.2, 0.25) is 0 Å². The zero-order chi connectivity index (χ0) is 14.1.